The van der Waals surface area contributed by atoms with Crippen LogP contribution in [0.3, 0.4) is 0 Å². The number of carbonyl (C=O) groups excluding carboxylic acids is 2. The minimum atomic E-state index is -0.894. The van der Waals surface area contributed by atoms with E-state index in [1.165, 1.54) is 30.4 Å². The number of nitrogens with one attached hydrogen (secondary N) is 1. The highest BCUT2D eigenvalue weighted by Crippen LogP contribution is 2.33. The monoisotopic (exact) mass is 365 g/mol. The fourth-order valence-corrected chi connectivity index (χ4v) is 4.50. The van der Waals surface area contributed by atoms with Crippen molar-refractivity contribution >= 4 is 64.3 Å². The molecule has 0 spiro atoms. The Morgan fingerprint density at radius 1 is 1.33 bits per heavy atom. The summed E-state index contributed by atoms with van der Waals surface area (Å²) < 4.78 is 4.93. The Labute approximate surface area is 141 Å². The lowest BCUT2D eigenvalue weighted by atomic mass is 10.3. The largest absolute Gasteiger partial charge is 0.451 e. The van der Waals surface area contributed by atoms with E-state index in [0.717, 1.165) is 11.5 Å². The van der Waals surface area contributed by atoms with E-state index >= 15 is 0 Å². The quantitative estimate of drug-likeness (QED) is 0.824. The summed E-state index contributed by atoms with van der Waals surface area (Å²) in [5.74, 6) is 1.02. The zero-order valence-corrected chi connectivity index (χ0v) is 14.2. The number of thioether (sulfide) groups is 2. The summed E-state index contributed by atoms with van der Waals surface area (Å²) in [6.07, 6.45) is -0.894. The Kier molecular flexibility index (Phi) is 6.10. The zero-order chi connectivity index (χ0) is 15.4. The Morgan fingerprint density at radius 3 is 2.67 bits per heavy atom. The van der Waals surface area contributed by atoms with E-state index in [-0.39, 0.29) is 15.6 Å². The molecular weight excluding hydrogens is 353 g/mol. The molecule has 21 heavy (non-hydrogen) atoms. The number of hydrogen-bond donors (Lipinski definition) is 1. The van der Waals surface area contributed by atoms with Crippen molar-refractivity contribution in [2.24, 2.45) is 0 Å². The summed E-state index contributed by atoms with van der Waals surface area (Å²) in [6.45, 7) is 1.52. The van der Waals surface area contributed by atoms with Crippen LogP contribution in [0.2, 0.25) is 10.0 Å². The minimum Gasteiger partial charge on any atom is -0.451 e. The molecule has 1 saturated heterocycles. The molecule has 0 bridgehead atoms. The van der Waals surface area contributed by atoms with E-state index in [9.17, 15) is 9.59 Å². The third-order valence-electron chi connectivity index (χ3n) is 2.69. The summed E-state index contributed by atoms with van der Waals surface area (Å²) in [5.41, 5.74) is 0.390. The first kappa shape index (κ1) is 16.8. The van der Waals surface area contributed by atoms with Gasteiger partial charge in [0.1, 0.15) is 4.58 Å². The molecule has 1 heterocycles. The van der Waals surface area contributed by atoms with Gasteiger partial charge in [-0.15, -0.1) is 23.5 Å². The lowest BCUT2D eigenvalue weighted by Crippen LogP contribution is -2.32. The maximum Gasteiger partial charge on any atom is 0.330 e. The molecule has 1 aliphatic heterocycles. The van der Waals surface area contributed by atoms with Crippen LogP contribution in [0.5, 0.6) is 0 Å². The van der Waals surface area contributed by atoms with Gasteiger partial charge in [0.25, 0.3) is 5.91 Å². The molecule has 1 N–H and O–H groups in total. The maximum absolute atomic E-state index is 12.0. The third-order valence-corrected chi connectivity index (χ3v) is 6.45. The van der Waals surface area contributed by atoms with Crippen LogP contribution in [0.1, 0.15) is 6.92 Å². The van der Waals surface area contributed by atoms with E-state index in [0.29, 0.717) is 10.7 Å². The van der Waals surface area contributed by atoms with E-state index < -0.39 is 12.0 Å². The van der Waals surface area contributed by atoms with Crippen LogP contribution >= 0.6 is 46.7 Å². The molecule has 0 unspecified atom stereocenters. The predicted molar refractivity (Wildman–Crippen MR) is 89.3 cm³/mol. The first-order valence-electron chi connectivity index (χ1n) is 6.17. The van der Waals surface area contributed by atoms with Crippen LogP contribution < -0.4 is 5.32 Å². The van der Waals surface area contributed by atoms with Gasteiger partial charge in [0.2, 0.25) is 0 Å². The standard InChI is InChI=1S/C13H13Cl2NO3S2/c1-7(19-12(18)13-20-5-6-21-13)11(17)16-9-4-2-3-8(14)10(9)15/h2-4,7,13H,5-6H2,1H3,(H,16,17)/t7-/m1/s1. The van der Waals surface area contributed by atoms with Crippen molar-refractivity contribution in [2.45, 2.75) is 17.6 Å². The lowest BCUT2D eigenvalue weighted by Gasteiger charge is -2.16. The molecule has 1 fully saturated rings. The number of rotatable bonds is 4. The molecule has 4 nitrogen and oxygen atoms in total. The predicted octanol–water partition coefficient (Wildman–Crippen LogP) is 3.67. The van der Waals surface area contributed by atoms with Crippen LogP contribution in [0, 0.1) is 0 Å². The van der Waals surface area contributed by atoms with Gasteiger partial charge >= 0.3 is 5.97 Å². The van der Waals surface area contributed by atoms with Gasteiger partial charge in [-0.05, 0) is 19.1 Å². The second-order valence-electron chi connectivity index (χ2n) is 4.24. The van der Waals surface area contributed by atoms with Gasteiger partial charge in [0, 0.05) is 11.5 Å². The number of carbonyl (C=O) groups is 2. The Morgan fingerprint density at radius 2 is 2.00 bits per heavy atom. The highest BCUT2D eigenvalue weighted by molar-refractivity contribution is 8.21. The SMILES string of the molecule is C[C@@H](OC(=O)C1SCCS1)C(=O)Nc1cccc(Cl)c1Cl. The summed E-state index contributed by atoms with van der Waals surface area (Å²) in [5, 5.41) is 3.20. The molecule has 1 aliphatic rings. The smallest absolute Gasteiger partial charge is 0.330 e. The van der Waals surface area contributed by atoms with Crippen LogP contribution in [0.25, 0.3) is 0 Å². The Balaban J connectivity index is 1.93. The number of amides is 1. The molecule has 1 atom stereocenters. The van der Waals surface area contributed by atoms with Crippen LogP contribution in [-0.2, 0) is 14.3 Å². The van der Waals surface area contributed by atoms with Gasteiger partial charge in [0.05, 0.1) is 15.7 Å². The molecule has 0 saturated carbocycles. The van der Waals surface area contributed by atoms with Crippen LogP contribution in [0.4, 0.5) is 5.69 Å². The van der Waals surface area contributed by atoms with Crippen LogP contribution in [-0.4, -0.2) is 34.1 Å². The third kappa shape index (κ3) is 4.45. The number of anilines is 1. The fourth-order valence-electron chi connectivity index (χ4n) is 1.61. The van der Waals surface area contributed by atoms with E-state index in [1.807, 2.05) is 0 Å². The van der Waals surface area contributed by atoms with E-state index in [2.05, 4.69) is 5.32 Å². The molecule has 8 heteroatoms. The lowest BCUT2D eigenvalue weighted by molar-refractivity contribution is -0.151. The highest BCUT2D eigenvalue weighted by Gasteiger charge is 2.29. The Bertz CT molecular complexity index is 550. The molecule has 2 rings (SSSR count). The average Bonchev–Trinajstić information content (AvgIpc) is 2.98. The summed E-state index contributed by atoms with van der Waals surface area (Å²) in [4.78, 5) is 23.9. The maximum atomic E-state index is 12.0. The van der Waals surface area contributed by atoms with Gasteiger partial charge < -0.3 is 10.1 Å². The van der Waals surface area contributed by atoms with Gasteiger partial charge in [-0.25, -0.2) is 4.79 Å². The second kappa shape index (κ2) is 7.63. The van der Waals surface area contributed by atoms with E-state index in [4.69, 9.17) is 27.9 Å². The van der Waals surface area contributed by atoms with Gasteiger partial charge in [-0.3, -0.25) is 4.79 Å². The van der Waals surface area contributed by atoms with Gasteiger partial charge in [-0.2, -0.15) is 0 Å². The average molecular weight is 366 g/mol. The molecule has 1 aromatic rings. The molecule has 0 aliphatic carbocycles. The molecule has 0 aromatic heterocycles. The summed E-state index contributed by atoms with van der Waals surface area (Å²) in [6, 6.07) is 4.92. The minimum absolute atomic E-state index is 0.241. The first-order chi connectivity index (χ1) is 9.99. The van der Waals surface area contributed by atoms with Crippen molar-refractivity contribution in [3.63, 3.8) is 0 Å². The fraction of sp³-hybridized carbons (Fsp3) is 0.385. The molecule has 1 aromatic carbocycles. The number of benzene rings is 1. The molecule has 1 amide bonds. The number of hydrogen-bond acceptors (Lipinski definition) is 5. The topological polar surface area (TPSA) is 55.4 Å². The normalized spacial score (nSPS) is 16.5. The van der Waals surface area contributed by atoms with Crippen molar-refractivity contribution in [3.8, 4) is 0 Å². The molecule has 0 radical (unpaired) electrons. The van der Waals surface area contributed by atoms with Gasteiger partial charge in [0.15, 0.2) is 6.10 Å². The summed E-state index contributed by atoms with van der Waals surface area (Å²) >= 11 is 14.9. The van der Waals surface area contributed by atoms with Crippen molar-refractivity contribution in [1.29, 1.82) is 0 Å². The van der Waals surface area contributed by atoms with Crippen LogP contribution in [0.15, 0.2) is 18.2 Å². The number of esters is 1. The van der Waals surface area contributed by atoms with Crippen molar-refractivity contribution in [3.05, 3.63) is 28.2 Å². The van der Waals surface area contributed by atoms with Crippen molar-refractivity contribution < 1.29 is 14.3 Å². The molecule has 114 valence electrons. The van der Waals surface area contributed by atoms with Crippen molar-refractivity contribution in [1.82, 2.24) is 0 Å². The summed E-state index contributed by atoms with van der Waals surface area (Å²) in [7, 11) is 0. The molecular formula is C13H13Cl2NO3S2. The van der Waals surface area contributed by atoms with E-state index in [1.54, 1.807) is 18.2 Å². The Hall–Kier alpha value is -0.560. The number of ether oxygens (including phenoxy) is 1. The van der Waals surface area contributed by atoms with Gasteiger partial charge in [-0.1, -0.05) is 29.3 Å². The van der Waals surface area contributed by atoms with Crippen molar-refractivity contribution in [2.75, 3.05) is 16.8 Å². The zero-order valence-electron chi connectivity index (χ0n) is 11.1. The number of halogens is 2. The highest BCUT2D eigenvalue weighted by atomic mass is 35.5. The second-order valence-corrected chi connectivity index (χ2v) is 7.75. The first-order valence-corrected chi connectivity index (χ1v) is 9.03.